The first-order valence-corrected chi connectivity index (χ1v) is 7.32. The van der Waals surface area contributed by atoms with Crippen LogP contribution in [0.2, 0.25) is 0 Å². The first-order valence-electron chi connectivity index (χ1n) is 7.32. The van der Waals surface area contributed by atoms with E-state index in [1.54, 1.807) is 7.05 Å². The number of rotatable bonds is 2. The summed E-state index contributed by atoms with van der Waals surface area (Å²) in [5.74, 6) is 0.731. The fourth-order valence-electron chi connectivity index (χ4n) is 3.06. The Labute approximate surface area is 124 Å². The van der Waals surface area contributed by atoms with Gasteiger partial charge in [0.15, 0.2) is 0 Å². The van der Waals surface area contributed by atoms with Crippen molar-refractivity contribution in [1.29, 1.82) is 0 Å². The molecule has 1 aliphatic carbocycles. The predicted molar refractivity (Wildman–Crippen MR) is 79.7 cm³/mol. The molecule has 0 bridgehead atoms. The molecule has 0 aromatic heterocycles. The quantitative estimate of drug-likeness (QED) is 0.895. The van der Waals surface area contributed by atoms with E-state index in [0.717, 1.165) is 19.3 Å². The third-order valence-electron chi connectivity index (χ3n) is 4.37. The summed E-state index contributed by atoms with van der Waals surface area (Å²) < 4.78 is 0. The number of benzene rings is 1. The molecule has 0 saturated heterocycles. The van der Waals surface area contributed by atoms with Gasteiger partial charge in [-0.3, -0.25) is 19.8 Å². The zero-order valence-electron chi connectivity index (χ0n) is 12.1. The van der Waals surface area contributed by atoms with E-state index < -0.39 is 0 Å². The Balaban J connectivity index is 1.59. The third kappa shape index (κ3) is 2.82. The third-order valence-corrected chi connectivity index (χ3v) is 4.37. The maximum atomic E-state index is 12.3. The molecule has 1 aliphatic heterocycles. The molecule has 1 saturated carbocycles. The number of nitrogens with zero attached hydrogens (tertiary/aromatic N) is 2. The van der Waals surface area contributed by atoms with E-state index in [-0.39, 0.29) is 24.3 Å². The molecule has 3 rings (SSSR count). The van der Waals surface area contributed by atoms with Crippen LogP contribution in [0, 0.1) is 5.92 Å². The molecule has 2 atom stereocenters. The van der Waals surface area contributed by atoms with E-state index in [1.165, 1.54) is 10.5 Å². The molecule has 0 spiro atoms. The summed E-state index contributed by atoms with van der Waals surface area (Å²) in [6, 6.07) is 10.3. The number of hydrogen-bond donors (Lipinski definition) is 1. The lowest BCUT2D eigenvalue weighted by Gasteiger charge is -2.16. The van der Waals surface area contributed by atoms with E-state index in [4.69, 9.17) is 0 Å². The number of nitrogens with one attached hydrogen (secondary N) is 1. The van der Waals surface area contributed by atoms with Gasteiger partial charge in [0, 0.05) is 13.0 Å². The summed E-state index contributed by atoms with van der Waals surface area (Å²) in [7, 11) is 1.63. The minimum atomic E-state index is -0.0844. The topological polar surface area (TPSA) is 61.8 Å². The normalized spacial score (nSPS) is 25.1. The maximum absolute atomic E-state index is 12.3. The van der Waals surface area contributed by atoms with E-state index in [9.17, 15) is 9.59 Å². The summed E-state index contributed by atoms with van der Waals surface area (Å²) in [4.78, 5) is 29.1. The van der Waals surface area contributed by atoms with Gasteiger partial charge < -0.3 is 0 Å². The van der Waals surface area contributed by atoms with Crippen LogP contribution in [0.4, 0.5) is 0 Å². The van der Waals surface area contributed by atoms with Crippen LogP contribution in [0.3, 0.4) is 0 Å². The van der Waals surface area contributed by atoms with Gasteiger partial charge in [0.2, 0.25) is 11.9 Å². The SMILES string of the molecule is CN1C(=O)CN=C1NC(=O)[C@@H]1CC[C@@H](c2ccccc2)C1. The van der Waals surface area contributed by atoms with Crippen molar-refractivity contribution in [1.82, 2.24) is 10.2 Å². The summed E-state index contributed by atoms with van der Waals surface area (Å²) >= 11 is 0. The van der Waals surface area contributed by atoms with Gasteiger partial charge in [0.25, 0.3) is 5.91 Å². The van der Waals surface area contributed by atoms with Crippen LogP contribution in [-0.2, 0) is 9.59 Å². The number of amides is 2. The van der Waals surface area contributed by atoms with Gasteiger partial charge in [-0.25, -0.2) is 4.99 Å². The number of carbonyl (C=O) groups is 2. The number of likely N-dealkylation sites (N-methyl/N-ethyl adjacent to an activating group) is 1. The lowest BCUT2D eigenvalue weighted by atomic mass is 9.96. The van der Waals surface area contributed by atoms with Gasteiger partial charge in [-0.05, 0) is 30.7 Å². The Kier molecular flexibility index (Phi) is 3.73. The van der Waals surface area contributed by atoms with Crippen LogP contribution in [0.15, 0.2) is 35.3 Å². The fraction of sp³-hybridized carbons (Fsp3) is 0.438. The lowest BCUT2D eigenvalue weighted by Crippen LogP contribution is -2.43. The van der Waals surface area contributed by atoms with Crippen molar-refractivity contribution in [2.45, 2.75) is 25.2 Å². The second-order valence-corrected chi connectivity index (χ2v) is 5.70. The minimum Gasteiger partial charge on any atom is -0.296 e. The molecular weight excluding hydrogens is 266 g/mol. The average molecular weight is 285 g/mol. The van der Waals surface area contributed by atoms with E-state index in [0.29, 0.717) is 11.9 Å². The van der Waals surface area contributed by atoms with Gasteiger partial charge in [0.05, 0.1) is 0 Å². The van der Waals surface area contributed by atoms with Crippen molar-refractivity contribution >= 4 is 17.8 Å². The number of guanidine groups is 1. The van der Waals surface area contributed by atoms with Crippen LogP contribution in [0.5, 0.6) is 0 Å². The molecule has 1 heterocycles. The molecule has 5 nitrogen and oxygen atoms in total. The minimum absolute atomic E-state index is 0.00186. The van der Waals surface area contributed by atoms with Crippen molar-refractivity contribution in [2.75, 3.05) is 13.6 Å². The highest BCUT2D eigenvalue weighted by Crippen LogP contribution is 2.38. The molecule has 5 heteroatoms. The Hall–Kier alpha value is -2.17. The molecule has 110 valence electrons. The first kappa shape index (κ1) is 13.8. The standard InChI is InChI=1S/C16H19N3O2/c1-19-14(20)10-17-16(19)18-15(21)13-8-7-12(9-13)11-5-3-2-4-6-11/h2-6,12-13H,7-10H2,1H3,(H,17,18,21)/t12-,13-/m1/s1. The summed E-state index contributed by atoms with van der Waals surface area (Å²) in [5.41, 5.74) is 1.30. The molecule has 2 amide bonds. The smallest absolute Gasteiger partial charge is 0.250 e. The highest BCUT2D eigenvalue weighted by Gasteiger charge is 2.32. The average Bonchev–Trinajstić information content (AvgIpc) is 3.11. The first-order chi connectivity index (χ1) is 10.1. The second kappa shape index (κ2) is 5.68. The summed E-state index contributed by atoms with van der Waals surface area (Å²) in [6.07, 6.45) is 2.78. The highest BCUT2D eigenvalue weighted by molar-refractivity contribution is 6.08. The number of carbonyl (C=O) groups excluding carboxylic acids is 2. The lowest BCUT2D eigenvalue weighted by molar-refractivity contribution is -0.124. The summed E-state index contributed by atoms with van der Waals surface area (Å²) in [5, 5.41) is 2.79. The van der Waals surface area contributed by atoms with Gasteiger partial charge in [-0.1, -0.05) is 30.3 Å². The molecule has 1 N–H and O–H groups in total. The Morgan fingerprint density at radius 1 is 1.29 bits per heavy atom. The van der Waals surface area contributed by atoms with Crippen molar-refractivity contribution in [2.24, 2.45) is 10.9 Å². The van der Waals surface area contributed by atoms with Gasteiger partial charge in [-0.15, -0.1) is 0 Å². The number of aliphatic imine (C=N–C) groups is 1. The molecule has 1 aromatic carbocycles. The highest BCUT2D eigenvalue weighted by atomic mass is 16.2. The Bertz CT molecular complexity index is 582. The van der Waals surface area contributed by atoms with E-state index in [1.807, 2.05) is 18.2 Å². The van der Waals surface area contributed by atoms with Crippen LogP contribution in [0.25, 0.3) is 0 Å². The summed E-state index contributed by atoms with van der Waals surface area (Å²) in [6.45, 7) is 0.128. The van der Waals surface area contributed by atoms with Crippen molar-refractivity contribution in [3.8, 4) is 0 Å². The molecule has 0 radical (unpaired) electrons. The molecule has 2 aliphatic rings. The molecule has 21 heavy (non-hydrogen) atoms. The van der Waals surface area contributed by atoms with Crippen molar-refractivity contribution < 1.29 is 9.59 Å². The molecular formula is C16H19N3O2. The van der Waals surface area contributed by atoms with E-state index in [2.05, 4.69) is 22.4 Å². The van der Waals surface area contributed by atoms with Gasteiger partial charge in [0.1, 0.15) is 6.54 Å². The Morgan fingerprint density at radius 2 is 2.05 bits per heavy atom. The zero-order chi connectivity index (χ0) is 14.8. The van der Waals surface area contributed by atoms with Crippen LogP contribution in [-0.4, -0.2) is 36.3 Å². The van der Waals surface area contributed by atoms with Crippen molar-refractivity contribution in [3.05, 3.63) is 35.9 Å². The monoisotopic (exact) mass is 285 g/mol. The maximum Gasteiger partial charge on any atom is 0.250 e. The van der Waals surface area contributed by atoms with E-state index >= 15 is 0 Å². The van der Waals surface area contributed by atoms with Crippen LogP contribution in [0.1, 0.15) is 30.7 Å². The van der Waals surface area contributed by atoms with Crippen LogP contribution < -0.4 is 5.32 Å². The Morgan fingerprint density at radius 3 is 2.71 bits per heavy atom. The largest absolute Gasteiger partial charge is 0.296 e. The molecule has 1 fully saturated rings. The van der Waals surface area contributed by atoms with Gasteiger partial charge >= 0.3 is 0 Å². The fourth-order valence-corrected chi connectivity index (χ4v) is 3.06. The zero-order valence-corrected chi connectivity index (χ0v) is 12.1. The molecule has 0 unspecified atom stereocenters. The second-order valence-electron chi connectivity index (χ2n) is 5.70. The van der Waals surface area contributed by atoms with Crippen molar-refractivity contribution in [3.63, 3.8) is 0 Å². The predicted octanol–water partition coefficient (Wildman–Crippen LogP) is 1.51. The van der Waals surface area contributed by atoms with Crippen LogP contribution >= 0.6 is 0 Å². The van der Waals surface area contributed by atoms with Gasteiger partial charge in [-0.2, -0.15) is 0 Å². The number of hydrogen-bond acceptors (Lipinski definition) is 3. The molecule has 1 aromatic rings.